The molecule has 18 heavy (non-hydrogen) atoms. The zero-order valence-electron chi connectivity index (χ0n) is 10.6. The second-order valence-electron chi connectivity index (χ2n) is 5.38. The third-order valence-electron chi connectivity index (χ3n) is 2.92. The van der Waals surface area contributed by atoms with Gasteiger partial charge in [0.25, 0.3) is 10.1 Å². The number of fused-ring (bicyclic) bond motifs is 1. The van der Waals surface area contributed by atoms with E-state index in [1.54, 1.807) is 6.07 Å². The first-order valence-electron chi connectivity index (χ1n) is 5.71. The van der Waals surface area contributed by atoms with Crippen LogP contribution in [0.15, 0.2) is 41.3 Å². The Labute approximate surface area is 107 Å². The Morgan fingerprint density at radius 2 is 1.61 bits per heavy atom. The van der Waals surface area contributed by atoms with Crippen molar-refractivity contribution < 1.29 is 13.0 Å². The molecule has 0 amide bonds. The lowest BCUT2D eigenvalue weighted by Crippen LogP contribution is -2.17. The summed E-state index contributed by atoms with van der Waals surface area (Å²) in [7, 11) is -4.21. The third kappa shape index (κ3) is 2.26. The van der Waals surface area contributed by atoms with Crippen LogP contribution in [0.4, 0.5) is 0 Å². The molecule has 0 aromatic heterocycles. The van der Waals surface area contributed by atoms with E-state index >= 15 is 0 Å². The minimum atomic E-state index is -4.21. The fraction of sp³-hybridized carbons (Fsp3) is 0.286. The summed E-state index contributed by atoms with van der Waals surface area (Å²) in [5.74, 6) is 0. The van der Waals surface area contributed by atoms with Crippen LogP contribution in [0.5, 0.6) is 0 Å². The predicted octanol–water partition coefficient (Wildman–Crippen LogP) is 3.38. The highest BCUT2D eigenvalue weighted by Crippen LogP contribution is 2.35. The SMILES string of the molecule is CC(C)(C)c1c(S(=O)(=O)O)ccc2ccccc12. The lowest BCUT2D eigenvalue weighted by molar-refractivity contribution is 0.477. The molecule has 4 heteroatoms. The van der Waals surface area contributed by atoms with Gasteiger partial charge in [-0.15, -0.1) is 0 Å². The average molecular weight is 264 g/mol. The average Bonchev–Trinajstić information content (AvgIpc) is 2.24. The van der Waals surface area contributed by atoms with Crippen LogP contribution in [-0.4, -0.2) is 13.0 Å². The van der Waals surface area contributed by atoms with Crippen molar-refractivity contribution in [2.45, 2.75) is 31.1 Å². The van der Waals surface area contributed by atoms with E-state index in [1.807, 2.05) is 45.0 Å². The summed E-state index contributed by atoms with van der Waals surface area (Å²) in [4.78, 5) is -0.00583. The molecule has 0 saturated carbocycles. The number of benzene rings is 2. The Bertz CT molecular complexity index is 695. The van der Waals surface area contributed by atoms with Crippen molar-refractivity contribution in [1.82, 2.24) is 0 Å². The molecule has 0 bridgehead atoms. The number of hydrogen-bond acceptors (Lipinski definition) is 2. The third-order valence-corrected chi connectivity index (χ3v) is 3.81. The Balaban J connectivity index is 2.98. The highest BCUT2D eigenvalue weighted by Gasteiger charge is 2.26. The highest BCUT2D eigenvalue weighted by atomic mass is 32.2. The molecular formula is C14H16O3S. The number of rotatable bonds is 1. The van der Waals surface area contributed by atoms with Crippen LogP contribution in [0.25, 0.3) is 10.8 Å². The van der Waals surface area contributed by atoms with Gasteiger partial charge in [-0.25, -0.2) is 0 Å². The summed E-state index contributed by atoms with van der Waals surface area (Å²) in [6, 6.07) is 10.8. The van der Waals surface area contributed by atoms with Gasteiger partial charge in [0.15, 0.2) is 0 Å². The summed E-state index contributed by atoms with van der Waals surface area (Å²) in [6.07, 6.45) is 0. The Hall–Kier alpha value is -1.39. The summed E-state index contributed by atoms with van der Waals surface area (Å²) < 4.78 is 32.4. The molecule has 0 saturated heterocycles. The molecule has 2 aromatic carbocycles. The van der Waals surface area contributed by atoms with Gasteiger partial charge in [0.05, 0.1) is 4.90 Å². The predicted molar refractivity (Wildman–Crippen MR) is 72.5 cm³/mol. The maximum atomic E-state index is 11.5. The monoisotopic (exact) mass is 264 g/mol. The molecule has 0 aliphatic rings. The molecule has 0 radical (unpaired) electrons. The Morgan fingerprint density at radius 1 is 1.00 bits per heavy atom. The molecule has 1 N–H and O–H groups in total. The maximum Gasteiger partial charge on any atom is 0.294 e. The van der Waals surface area contributed by atoms with Crippen LogP contribution in [0.1, 0.15) is 26.3 Å². The van der Waals surface area contributed by atoms with Gasteiger partial charge in [-0.2, -0.15) is 8.42 Å². The Kier molecular flexibility index (Phi) is 2.95. The molecule has 2 rings (SSSR count). The van der Waals surface area contributed by atoms with Gasteiger partial charge in [0.2, 0.25) is 0 Å². The van der Waals surface area contributed by atoms with Crippen LogP contribution in [0, 0.1) is 0 Å². The molecule has 0 fully saturated rings. The highest BCUT2D eigenvalue weighted by molar-refractivity contribution is 7.85. The molecule has 3 nitrogen and oxygen atoms in total. The zero-order chi connectivity index (χ0) is 13.6. The van der Waals surface area contributed by atoms with Gasteiger partial charge in [-0.05, 0) is 27.8 Å². The van der Waals surface area contributed by atoms with Gasteiger partial charge in [-0.3, -0.25) is 4.55 Å². The van der Waals surface area contributed by atoms with Crippen molar-refractivity contribution >= 4 is 20.9 Å². The van der Waals surface area contributed by atoms with Crippen molar-refractivity contribution in [2.75, 3.05) is 0 Å². The van der Waals surface area contributed by atoms with Gasteiger partial charge in [-0.1, -0.05) is 51.1 Å². The second-order valence-corrected chi connectivity index (χ2v) is 6.77. The maximum absolute atomic E-state index is 11.5. The Morgan fingerprint density at radius 3 is 2.17 bits per heavy atom. The molecule has 0 aliphatic heterocycles. The lowest BCUT2D eigenvalue weighted by Gasteiger charge is -2.24. The van der Waals surface area contributed by atoms with Crippen molar-refractivity contribution in [1.29, 1.82) is 0 Å². The minimum Gasteiger partial charge on any atom is -0.282 e. The smallest absolute Gasteiger partial charge is 0.282 e. The zero-order valence-corrected chi connectivity index (χ0v) is 11.5. The molecule has 2 aromatic rings. The standard InChI is InChI=1S/C14H16O3S/c1-14(2,3)13-11-7-5-4-6-10(11)8-9-12(13)18(15,16)17/h4-9H,1-3H3,(H,15,16,17). The van der Waals surface area contributed by atoms with E-state index < -0.39 is 10.1 Å². The lowest BCUT2D eigenvalue weighted by atomic mass is 9.83. The first-order valence-corrected chi connectivity index (χ1v) is 7.15. The van der Waals surface area contributed by atoms with E-state index in [9.17, 15) is 13.0 Å². The molecule has 0 atom stereocenters. The molecular weight excluding hydrogens is 248 g/mol. The van der Waals surface area contributed by atoms with Crippen molar-refractivity contribution in [2.24, 2.45) is 0 Å². The van der Waals surface area contributed by atoms with Gasteiger partial charge >= 0.3 is 0 Å². The van der Waals surface area contributed by atoms with E-state index in [2.05, 4.69) is 0 Å². The molecule has 96 valence electrons. The van der Waals surface area contributed by atoms with Crippen molar-refractivity contribution in [3.05, 3.63) is 42.0 Å². The normalized spacial score (nSPS) is 12.9. The van der Waals surface area contributed by atoms with Crippen LogP contribution in [-0.2, 0) is 15.5 Å². The van der Waals surface area contributed by atoms with Gasteiger partial charge in [0.1, 0.15) is 0 Å². The second kappa shape index (κ2) is 4.07. The van der Waals surface area contributed by atoms with E-state index in [1.165, 1.54) is 6.07 Å². The van der Waals surface area contributed by atoms with E-state index in [0.29, 0.717) is 5.56 Å². The first kappa shape index (κ1) is 13.1. The van der Waals surface area contributed by atoms with Crippen LogP contribution in [0.2, 0.25) is 0 Å². The van der Waals surface area contributed by atoms with Crippen molar-refractivity contribution in [3.63, 3.8) is 0 Å². The van der Waals surface area contributed by atoms with Crippen molar-refractivity contribution in [3.8, 4) is 0 Å². The van der Waals surface area contributed by atoms with Gasteiger partial charge < -0.3 is 0 Å². The number of hydrogen-bond donors (Lipinski definition) is 1. The quantitative estimate of drug-likeness (QED) is 0.803. The first-order chi connectivity index (χ1) is 8.21. The summed E-state index contributed by atoms with van der Waals surface area (Å²) in [5, 5.41) is 1.83. The summed E-state index contributed by atoms with van der Waals surface area (Å²) in [5.41, 5.74) is 0.287. The fourth-order valence-electron chi connectivity index (χ4n) is 2.24. The van der Waals surface area contributed by atoms with Gasteiger partial charge in [0, 0.05) is 0 Å². The van der Waals surface area contributed by atoms with E-state index in [0.717, 1.165) is 10.8 Å². The van der Waals surface area contributed by atoms with E-state index in [-0.39, 0.29) is 10.3 Å². The van der Waals surface area contributed by atoms with Crippen LogP contribution in [0.3, 0.4) is 0 Å². The largest absolute Gasteiger partial charge is 0.294 e. The fourth-order valence-corrected chi connectivity index (χ4v) is 3.15. The minimum absolute atomic E-state index is 0.00583. The molecule has 0 unspecified atom stereocenters. The summed E-state index contributed by atoms with van der Waals surface area (Å²) >= 11 is 0. The summed E-state index contributed by atoms with van der Waals surface area (Å²) in [6.45, 7) is 5.80. The molecule has 0 aliphatic carbocycles. The topological polar surface area (TPSA) is 54.4 Å². The molecule has 0 spiro atoms. The molecule has 0 heterocycles. The van der Waals surface area contributed by atoms with E-state index in [4.69, 9.17) is 0 Å². The van der Waals surface area contributed by atoms with Crippen LogP contribution < -0.4 is 0 Å². The van der Waals surface area contributed by atoms with Crippen LogP contribution >= 0.6 is 0 Å².